The van der Waals surface area contributed by atoms with Crippen molar-refractivity contribution in [1.29, 1.82) is 0 Å². The van der Waals surface area contributed by atoms with Crippen LogP contribution in [0.2, 0.25) is 0 Å². The number of nitrogens with zero attached hydrogens (tertiary/aromatic N) is 4. The van der Waals surface area contributed by atoms with Crippen LogP contribution in [0.1, 0.15) is 48.4 Å². The van der Waals surface area contributed by atoms with Crippen molar-refractivity contribution in [2.75, 3.05) is 7.11 Å². The molecule has 0 saturated carbocycles. The van der Waals surface area contributed by atoms with Crippen LogP contribution in [0.15, 0.2) is 52.1 Å². The normalized spacial score (nSPS) is 11.5. The zero-order chi connectivity index (χ0) is 26.1. The summed E-state index contributed by atoms with van der Waals surface area (Å²) >= 11 is 0. The van der Waals surface area contributed by atoms with Gasteiger partial charge in [0, 0.05) is 23.7 Å². The monoisotopic (exact) mass is 491 g/mol. The third kappa shape index (κ3) is 4.66. The van der Waals surface area contributed by atoms with E-state index in [4.69, 9.17) is 4.74 Å². The Hall–Kier alpha value is -4.21. The van der Waals surface area contributed by atoms with Gasteiger partial charge in [-0.15, -0.1) is 5.10 Å². The first-order valence-corrected chi connectivity index (χ1v) is 11.7. The zero-order valence-corrected chi connectivity index (χ0v) is 20.9. The Labute approximate surface area is 207 Å². The maximum atomic E-state index is 13.5. The minimum Gasteiger partial charge on any atom is -0.497 e. The van der Waals surface area contributed by atoms with Crippen molar-refractivity contribution in [3.63, 3.8) is 0 Å². The van der Waals surface area contributed by atoms with E-state index in [2.05, 4.69) is 10.4 Å². The summed E-state index contributed by atoms with van der Waals surface area (Å²) < 4.78 is 8.92. The minimum absolute atomic E-state index is 0.0818. The molecule has 1 amide bonds. The quantitative estimate of drug-likeness (QED) is 0.379. The number of hydrogen-bond donors (Lipinski definition) is 1. The number of hydrogen-bond acceptors (Lipinski definition) is 6. The fourth-order valence-corrected chi connectivity index (χ4v) is 4.04. The van der Waals surface area contributed by atoms with Crippen molar-refractivity contribution in [1.82, 2.24) is 24.1 Å². The van der Waals surface area contributed by atoms with Gasteiger partial charge in [0.05, 0.1) is 18.0 Å². The number of fused-ring (bicyclic) bond motifs is 3. The lowest BCUT2D eigenvalue weighted by Gasteiger charge is -2.13. The highest BCUT2D eigenvalue weighted by Gasteiger charge is 2.21. The average Bonchev–Trinajstić information content (AvgIpc) is 3.16. The number of Topliss-reactive ketones (excluding diaryl/α,β-unsaturated/α-hetero) is 1. The van der Waals surface area contributed by atoms with Crippen LogP contribution in [0.5, 0.6) is 5.75 Å². The first-order chi connectivity index (χ1) is 17.1. The molecular weight excluding hydrogens is 462 g/mol. The maximum Gasteiger partial charge on any atom is 0.352 e. The molecule has 4 rings (SSSR count). The standard InChI is InChI=1S/C26H29N5O5/c1-15(2)13-29-24(34)20-11-8-18(23(33)27-16(3)4)12-21(20)31-25(29)28-30(26(31)35)14-22(32)17-6-9-19(36-5)10-7-17/h6-12,15-16H,13-14H2,1-5H3,(H,27,33). The number of nitrogens with one attached hydrogen (secondary N) is 1. The second kappa shape index (κ2) is 9.80. The van der Waals surface area contributed by atoms with Gasteiger partial charge in [0.2, 0.25) is 5.78 Å². The van der Waals surface area contributed by atoms with Gasteiger partial charge in [0.15, 0.2) is 5.78 Å². The van der Waals surface area contributed by atoms with Crippen LogP contribution in [0.25, 0.3) is 16.7 Å². The van der Waals surface area contributed by atoms with Gasteiger partial charge in [-0.25, -0.2) is 13.9 Å². The van der Waals surface area contributed by atoms with E-state index in [1.54, 1.807) is 36.4 Å². The maximum absolute atomic E-state index is 13.5. The van der Waals surface area contributed by atoms with Gasteiger partial charge < -0.3 is 10.1 Å². The molecule has 4 aromatic rings. The Morgan fingerprint density at radius 1 is 1.00 bits per heavy atom. The summed E-state index contributed by atoms with van der Waals surface area (Å²) in [5.41, 5.74) is 0.0836. The molecule has 0 aliphatic heterocycles. The Morgan fingerprint density at radius 3 is 2.28 bits per heavy atom. The molecule has 0 aliphatic carbocycles. The average molecular weight is 492 g/mol. The van der Waals surface area contributed by atoms with Crippen LogP contribution in [0.3, 0.4) is 0 Å². The lowest BCUT2D eigenvalue weighted by Crippen LogP contribution is -2.31. The van der Waals surface area contributed by atoms with Gasteiger partial charge >= 0.3 is 5.69 Å². The number of rotatable bonds is 8. The first-order valence-electron chi connectivity index (χ1n) is 11.7. The number of carbonyl (C=O) groups excluding carboxylic acids is 2. The van der Waals surface area contributed by atoms with Crippen LogP contribution in [0.4, 0.5) is 0 Å². The molecule has 0 fully saturated rings. The molecule has 2 aromatic carbocycles. The van der Waals surface area contributed by atoms with Gasteiger partial charge in [-0.3, -0.25) is 19.0 Å². The first kappa shape index (κ1) is 24.9. The van der Waals surface area contributed by atoms with E-state index >= 15 is 0 Å². The molecule has 0 atom stereocenters. The van der Waals surface area contributed by atoms with Crippen LogP contribution >= 0.6 is 0 Å². The number of methoxy groups -OCH3 is 1. The molecule has 2 heterocycles. The van der Waals surface area contributed by atoms with Gasteiger partial charge in [-0.05, 0) is 62.2 Å². The van der Waals surface area contributed by atoms with Crippen molar-refractivity contribution in [2.24, 2.45) is 5.92 Å². The lowest BCUT2D eigenvalue weighted by atomic mass is 10.1. The number of carbonyl (C=O) groups is 2. The Kier molecular flexibility index (Phi) is 6.78. The SMILES string of the molecule is COc1ccc(C(=O)Cn2nc3n(CC(C)C)c(=O)c4ccc(C(=O)NC(C)C)cc4n3c2=O)cc1. The Bertz CT molecular complexity index is 1580. The number of benzene rings is 2. The second-order valence-corrected chi connectivity index (χ2v) is 9.40. The van der Waals surface area contributed by atoms with Crippen molar-refractivity contribution in [2.45, 2.75) is 46.8 Å². The molecule has 1 N–H and O–H groups in total. The summed E-state index contributed by atoms with van der Waals surface area (Å²) in [6.07, 6.45) is 0. The predicted octanol–water partition coefficient (Wildman–Crippen LogP) is 2.50. The molecule has 0 aliphatic rings. The molecule has 0 bridgehead atoms. The Balaban J connectivity index is 1.89. The van der Waals surface area contributed by atoms with Gasteiger partial charge in [0.25, 0.3) is 11.5 Å². The minimum atomic E-state index is -0.573. The highest BCUT2D eigenvalue weighted by Crippen LogP contribution is 2.16. The fraction of sp³-hybridized carbons (Fsp3) is 0.346. The summed E-state index contributed by atoms with van der Waals surface area (Å²) in [5, 5.41) is 7.48. The van der Waals surface area contributed by atoms with Crippen LogP contribution in [-0.2, 0) is 13.1 Å². The molecule has 188 valence electrons. The number of ketones is 1. The molecule has 0 unspecified atom stereocenters. The molecule has 0 radical (unpaired) electrons. The molecule has 10 heteroatoms. The lowest BCUT2D eigenvalue weighted by molar-refractivity contribution is 0.0940. The Morgan fingerprint density at radius 2 is 1.67 bits per heavy atom. The topological polar surface area (TPSA) is 117 Å². The van der Waals surface area contributed by atoms with E-state index in [0.29, 0.717) is 23.4 Å². The van der Waals surface area contributed by atoms with Crippen molar-refractivity contribution in [3.8, 4) is 5.75 Å². The van der Waals surface area contributed by atoms with E-state index < -0.39 is 5.69 Å². The molecule has 0 saturated heterocycles. The van der Waals surface area contributed by atoms with E-state index in [9.17, 15) is 19.2 Å². The summed E-state index contributed by atoms with van der Waals surface area (Å²) in [6.45, 7) is 7.62. The van der Waals surface area contributed by atoms with Crippen LogP contribution in [-0.4, -0.2) is 43.6 Å². The number of ether oxygens (including phenoxy) is 1. The van der Waals surface area contributed by atoms with Crippen molar-refractivity contribution >= 4 is 28.4 Å². The molecular formula is C26H29N5O5. The van der Waals surface area contributed by atoms with Crippen LogP contribution in [0, 0.1) is 5.92 Å². The molecule has 2 aromatic heterocycles. The molecule has 0 spiro atoms. The van der Waals surface area contributed by atoms with Gasteiger partial charge in [-0.1, -0.05) is 13.8 Å². The van der Waals surface area contributed by atoms with E-state index in [1.165, 1.54) is 22.1 Å². The second-order valence-electron chi connectivity index (χ2n) is 9.40. The number of amides is 1. The summed E-state index contributed by atoms with van der Waals surface area (Å²) in [5.74, 6) is 0.193. The largest absolute Gasteiger partial charge is 0.497 e. The van der Waals surface area contributed by atoms with Crippen LogP contribution < -0.4 is 21.3 Å². The zero-order valence-electron chi connectivity index (χ0n) is 20.9. The highest BCUT2D eigenvalue weighted by molar-refractivity contribution is 5.98. The summed E-state index contributed by atoms with van der Waals surface area (Å²) in [4.78, 5) is 52.4. The molecule has 10 nitrogen and oxygen atoms in total. The highest BCUT2D eigenvalue weighted by atomic mass is 16.5. The summed E-state index contributed by atoms with van der Waals surface area (Å²) in [7, 11) is 1.53. The van der Waals surface area contributed by atoms with E-state index in [-0.39, 0.29) is 52.4 Å². The smallest absolute Gasteiger partial charge is 0.352 e. The van der Waals surface area contributed by atoms with E-state index in [1.807, 2.05) is 27.7 Å². The van der Waals surface area contributed by atoms with Crippen molar-refractivity contribution < 1.29 is 14.3 Å². The fourth-order valence-electron chi connectivity index (χ4n) is 4.04. The number of aromatic nitrogens is 4. The third-order valence-electron chi connectivity index (χ3n) is 5.71. The van der Waals surface area contributed by atoms with E-state index in [0.717, 1.165) is 4.68 Å². The van der Waals surface area contributed by atoms with Gasteiger partial charge in [-0.2, -0.15) is 0 Å². The molecule has 36 heavy (non-hydrogen) atoms. The third-order valence-corrected chi connectivity index (χ3v) is 5.71. The van der Waals surface area contributed by atoms with Crippen molar-refractivity contribution in [3.05, 3.63) is 74.4 Å². The summed E-state index contributed by atoms with van der Waals surface area (Å²) in [6, 6.07) is 11.1. The van der Waals surface area contributed by atoms with Gasteiger partial charge in [0.1, 0.15) is 12.3 Å². The predicted molar refractivity (Wildman–Crippen MR) is 136 cm³/mol.